The first-order valence-corrected chi connectivity index (χ1v) is 28.2. The van der Waals surface area contributed by atoms with Crippen molar-refractivity contribution in [2.24, 2.45) is 17.8 Å². The normalized spacial score (nSPS) is 16.8. The standard InChI is InChI=1S/C59H90N6O15/c1-14-15-46(60-10)56(71)77-40(8)52(66)61(11)48(33-38(4)5)58(73)79-50(35-42-16-20-44(21-17-42)64-24-28-75-29-25-64)54(68)63(13)47(32-37(2)3)57(72)78-41(9)53(67)62(12)49(34-39(6)7)59(74)80-51(55(69)70)36-43-18-22-45(23-19-43)65-26-30-76-31-27-65/h16-23,37-41,46-51,60H,14-15,24-36H2,1-13H3,(H,69,70)/t40-,41-,46+,47+,48?,49+,50-,51-/m1/s1. The predicted octanol–water partition coefficient (Wildman–Crippen LogP) is 4.92. The topological polar surface area (TPSA) is 240 Å². The lowest BCUT2D eigenvalue weighted by Gasteiger charge is -2.34. The molecule has 80 heavy (non-hydrogen) atoms. The van der Waals surface area contributed by atoms with E-state index >= 15 is 0 Å². The quantitative estimate of drug-likeness (QED) is 0.0779. The van der Waals surface area contributed by atoms with Crippen LogP contribution in [0.1, 0.15) is 106 Å². The van der Waals surface area contributed by atoms with Crippen LogP contribution in [0, 0.1) is 17.8 Å². The van der Waals surface area contributed by atoms with Crippen LogP contribution in [0.4, 0.5) is 11.4 Å². The van der Waals surface area contributed by atoms with Gasteiger partial charge in [-0.3, -0.25) is 19.2 Å². The molecular formula is C59H90N6O15. The zero-order chi connectivity index (χ0) is 59.4. The van der Waals surface area contributed by atoms with Gasteiger partial charge < -0.3 is 63.3 Å². The van der Waals surface area contributed by atoms with Crippen LogP contribution in [-0.4, -0.2) is 197 Å². The SMILES string of the molecule is CCC[C@H](NC)C(=O)O[C@H](C)C(=O)N(C)C(CC(C)C)C(=O)O[C@H](Cc1ccc(N2CCOCC2)cc1)C(=O)N(C)[C@@H](CC(C)C)C(=O)O[C@H](C)C(=O)N(C)[C@@H](CC(C)C)C(=O)O[C@H](Cc1ccc(N2CCOCC2)cc1)C(=O)O. The maximum atomic E-state index is 15.0. The molecule has 21 heteroatoms. The molecule has 2 saturated heterocycles. The Labute approximate surface area is 473 Å². The van der Waals surface area contributed by atoms with Crippen molar-refractivity contribution < 1.29 is 71.9 Å². The van der Waals surface area contributed by atoms with Crippen LogP contribution in [0.15, 0.2) is 48.5 Å². The van der Waals surface area contributed by atoms with E-state index in [-0.39, 0.29) is 49.9 Å². The van der Waals surface area contributed by atoms with Crippen molar-refractivity contribution in [3.05, 3.63) is 59.7 Å². The molecule has 1 unspecified atom stereocenters. The van der Waals surface area contributed by atoms with Crippen molar-refractivity contribution in [2.45, 2.75) is 156 Å². The number of nitrogens with one attached hydrogen (secondary N) is 1. The molecule has 0 spiro atoms. The molecule has 0 aromatic heterocycles. The summed E-state index contributed by atoms with van der Waals surface area (Å²) in [4.78, 5) is 119. The van der Waals surface area contributed by atoms with E-state index in [0.29, 0.717) is 63.5 Å². The minimum atomic E-state index is -1.57. The Morgan fingerprint density at radius 1 is 0.525 bits per heavy atom. The van der Waals surface area contributed by atoms with Crippen molar-refractivity contribution >= 4 is 58.9 Å². The minimum absolute atomic E-state index is 0.0675. The first kappa shape index (κ1) is 66.2. The average molecular weight is 1120 g/mol. The second-order valence-corrected chi connectivity index (χ2v) is 22.2. The van der Waals surface area contributed by atoms with Gasteiger partial charge in [-0.05, 0) is 99.7 Å². The Morgan fingerprint density at radius 2 is 0.863 bits per heavy atom. The number of carbonyl (C=O) groups is 8. The second kappa shape index (κ2) is 32.2. The molecule has 446 valence electrons. The highest BCUT2D eigenvalue weighted by atomic mass is 16.6. The van der Waals surface area contributed by atoms with E-state index in [1.54, 1.807) is 19.2 Å². The Balaban J connectivity index is 1.57. The van der Waals surface area contributed by atoms with Gasteiger partial charge >= 0.3 is 29.8 Å². The largest absolute Gasteiger partial charge is 0.478 e. The first-order valence-electron chi connectivity index (χ1n) is 28.2. The molecule has 2 aromatic rings. The molecule has 2 aliphatic heterocycles. The van der Waals surface area contributed by atoms with E-state index in [1.165, 1.54) is 39.9 Å². The zero-order valence-electron chi connectivity index (χ0n) is 49.5. The van der Waals surface area contributed by atoms with Crippen molar-refractivity contribution in [1.82, 2.24) is 20.0 Å². The highest BCUT2D eigenvalue weighted by molar-refractivity contribution is 5.93. The number of carboxylic acid groups (broad SMARTS) is 1. The Morgan fingerprint density at radius 3 is 1.21 bits per heavy atom. The van der Waals surface area contributed by atoms with Gasteiger partial charge in [0.2, 0.25) is 6.10 Å². The summed E-state index contributed by atoms with van der Waals surface area (Å²) in [5.74, 6) is -7.44. The lowest BCUT2D eigenvalue weighted by Crippen LogP contribution is -2.53. The first-order chi connectivity index (χ1) is 37.9. The lowest BCUT2D eigenvalue weighted by molar-refractivity contribution is -0.174. The molecule has 8 atom stereocenters. The number of ether oxygens (including phenoxy) is 6. The summed E-state index contributed by atoms with van der Waals surface area (Å²) in [6.45, 7) is 20.9. The highest BCUT2D eigenvalue weighted by Crippen LogP contribution is 2.25. The number of anilines is 2. The summed E-state index contributed by atoms with van der Waals surface area (Å²) in [5.41, 5.74) is 3.15. The molecule has 2 fully saturated rings. The number of rotatable bonds is 30. The Bertz CT molecular complexity index is 2340. The van der Waals surface area contributed by atoms with Crippen LogP contribution in [0.2, 0.25) is 0 Å². The van der Waals surface area contributed by atoms with E-state index < -0.39 is 96.2 Å². The van der Waals surface area contributed by atoms with E-state index in [1.807, 2.05) is 84.9 Å². The van der Waals surface area contributed by atoms with E-state index in [4.69, 9.17) is 28.4 Å². The number of hydrogen-bond acceptors (Lipinski definition) is 17. The van der Waals surface area contributed by atoms with E-state index in [9.17, 15) is 43.5 Å². The minimum Gasteiger partial charge on any atom is -0.478 e. The number of benzene rings is 2. The predicted molar refractivity (Wildman–Crippen MR) is 301 cm³/mol. The molecule has 0 bridgehead atoms. The fourth-order valence-electron chi connectivity index (χ4n) is 9.67. The number of aliphatic carboxylic acids is 1. The number of nitrogens with zero attached hydrogens (tertiary/aromatic N) is 5. The summed E-state index contributed by atoms with van der Waals surface area (Å²) in [6.07, 6.45) is -4.62. The van der Waals surface area contributed by atoms with Crippen molar-refractivity contribution in [2.75, 3.05) is 90.6 Å². The number of amides is 3. The third-order valence-corrected chi connectivity index (χ3v) is 14.4. The van der Waals surface area contributed by atoms with Gasteiger partial charge in [0, 0.05) is 71.5 Å². The van der Waals surface area contributed by atoms with Gasteiger partial charge in [0.1, 0.15) is 24.2 Å². The monoisotopic (exact) mass is 1120 g/mol. The van der Waals surface area contributed by atoms with Crippen LogP contribution < -0.4 is 15.1 Å². The van der Waals surface area contributed by atoms with Crippen LogP contribution in [-0.2, 0) is 79.6 Å². The fourth-order valence-corrected chi connectivity index (χ4v) is 9.67. The van der Waals surface area contributed by atoms with Crippen LogP contribution in [0.25, 0.3) is 0 Å². The van der Waals surface area contributed by atoms with Crippen molar-refractivity contribution in [3.8, 4) is 0 Å². The lowest BCUT2D eigenvalue weighted by atomic mass is 10.00. The summed E-state index contributed by atoms with van der Waals surface area (Å²) >= 11 is 0. The molecule has 21 nitrogen and oxygen atoms in total. The number of carbonyl (C=O) groups excluding carboxylic acids is 7. The third-order valence-electron chi connectivity index (χ3n) is 14.4. The van der Waals surface area contributed by atoms with Gasteiger partial charge in [-0.2, -0.15) is 0 Å². The third kappa shape index (κ3) is 19.7. The summed E-state index contributed by atoms with van der Waals surface area (Å²) in [5, 5.41) is 13.1. The number of morpholine rings is 2. The molecule has 0 saturated carbocycles. The van der Waals surface area contributed by atoms with E-state index in [0.717, 1.165) is 34.3 Å². The highest BCUT2D eigenvalue weighted by Gasteiger charge is 2.41. The molecule has 0 aliphatic carbocycles. The van der Waals surface area contributed by atoms with Crippen molar-refractivity contribution in [1.29, 1.82) is 0 Å². The molecular weight excluding hydrogens is 1030 g/mol. The Hall–Kier alpha value is -6.32. The van der Waals surface area contributed by atoms with Crippen molar-refractivity contribution in [3.63, 3.8) is 0 Å². The summed E-state index contributed by atoms with van der Waals surface area (Å²) < 4.78 is 34.2. The molecule has 2 heterocycles. The molecule has 0 radical (unpaired) electrons. The van der Waals surface area contributed by atoms with Gasteiger partial charge in [0.25, 0.3) is 17.7 Å². The van der Waals surface area contributed by atoms with Crippen LogP contribution >= 0.6 is 0 Å². The number of likely N-dealkylation sites (N-methyl/N-ethyl adjacent to an activating group) is 4. The number of esters is 4. The van der Waals surface area contributed by atoms with Crippen LogP contribution in [0.5, 0.6) is 0 Å². The number of hydrogen-bond donors (Lipinski definition) is 2. The second-order valence-electron chi connectivity index (χ2n) is 22.2. The van der Waals surface area contributed by atoms with Gasteiger partial charge in [-0.15, -0.1) is 0 Å². The maximum absolute atomic E-state index is 15.0. The van der Waals surface area contributed by atoms with E-state index in [2.05, 4.69) is 15.1 Å². The van der Waals surface area contributed by atoms with Gasteiger partial charge in [-0.1, -0.05) is 79.2 Å². The molecule has 2 aliphatic rings. The van der Waals surface area contributed by atoms with Crippen LogP contribution in [0.3, 0.4) is 0 Å². The summed E-state index contributed by atoms with van der Waals surface area (Å²) in [7, 11) is 5.78. The number of carboxylic acids is 1. The molecule has 4 rings (SSSR count). The smallest absolute Gasteiger partial charge is 0.345 e. The van der Waals surface area contributed by atoms with Gasteiger partial charge in [-0.25, -0.2) is 19.2 Å². The van der Waals surface area contributed by atoms with Gasteiger partial charge in [0.15, 0.2) is 18.3 Å². The fraction of sp³-hybridized carbons (Fsp3) is 0.661. The zero-order valence-corrected chi connectivity index (χ0v) is 49.5. The molecule has 3 amide bonds. The molecule has 2 N–H and O–H groups in total. The Kier molecular flexibility index (Phi) is 26.6. The maximum Gasteiger partial charge on any atom is 0.345 e. The van der Waals surface area contributed by atoms with Gasteiger partial charge in [0.05, 0.1) is 26.4 Å². The summed E-state index contributed by atoms with van der Waals surface area (Å²) in [6, 6.07) is 10.4. The molecule has 2 aromatic carbocycles. The average Bonchev–Trinajstić information content (AvgIpc) is 3.43.